The first-order valence-corrected chi connectivity index (χ1v) is 11.0. The summed E-state index contributed by atoms with van der Waals surface area (Å²) in [6.07, 6.45) is 2.65. The molecule has 3 aromatic rings. The lowest BCUT2D eigenvalue weighted by Crippen LogP contribution is -2.30. The number of carbonyl (C=O) groups is 1. The Hall–Kier alpha value is -2.89. The van der Waals surface area contributed by atoms with E-state index in [1.807, 2.05) is 78.9 Å². The highest BCUT2D eigenvalue weighted by atomic mass is 32.2. The van der Waals surface area contributed by atoms with Crippen LogP contribution in [0.15, 0.2) is 89.8 Å². The van der Waals surface area contributed by atoms with Crippen LogP contribution < -0.4 is 4.74 Å². The number of amides is 1. The first-order chi connectivity index (χ1) is 14.7. The van der Waals surface area contributed by atoms with Crippen LogP contribution in [0.3, 0.4) is 0 Å². The summed E-state index contributed by atoms with van der Waals surface area (Å²) in [4.78, 5) is 15.3. The number of thiocarbonyl (C=S) groups is 1. The van der Waals surface area contributed by atoms with Crippen LogP contribution in [-0.2, 0) is 17.8 Å². The lowest BCUT2D eigenvalue weighted by atomic mass is 10.1. The van der Waals surface area contributed by atoms with E-state index >= 15 is 0 Å². The van der Waals surface area contributed by atoms with Crippen LogP contribution in [0, 0.1) is 0 Å². The summed E-state index contributed by atoms with van der Waals surface area (Å²) in [5, 5.41) is 0. The smallest absolute Gasteiger partial charge is 0.266 e. The van der Waals surface area contributed by atoms with Gasteiger partial charge in [0.15, 0.2) is 0 Å². The molecule has 0 spiro atoms. The van der Waals surface area contributed by atoms with Crippen LogP contribution in [0.5, 0.6) is 5.75 Å². The third-order valence-corrected chi connectivity index (χ3v) is 6.16. The Morgan fingerprint density at radius 2 is 1.50 bits per heavy atom. The third kappa shape index (κ3) is 4.99. The number of hydrogen-bond donors (Lipinski definition) is 0. The van der Waals surface area contributed by atoms with Crippen molar-refractivity contribution in [3.63, 3.8) is 0 Å². The van der Waals surface area contributed by atoms with Gasteiger partial charge >= 0.3 is 0 Å². The lowest BCUT2D eigenvalue weighted by Gasteiger charge is -2.14. The number of para-hydroxylation sites is 1. The molecule has 1 fully saturated rings. The molecule has 30 heavy (non-hydrogen) atoms. The van der Waals surface area contributed by atoms with Gasteiger partial charge in [0, 0.05) is 12.1 Å². The van der Waals surface area contributed by atoms with Crippen LogP contribution in [0.25, 0.3) is 6.08 Å². The van der Waals surface area contributed by atoms with E-state index in [0.717, 1.165) is 23.3 Å². The van der Waals surface area contributed by atoms with Crippen molar-refractivity contribution in [2.45, 2.75) is 13.0 Å². The van der Waals surface area contributed by atoms with Gasteiger partial charge in [-0.25, -0.2) is 0 Å². The van der Waals surface area contributed by atoms with Crippen LogP contribution in [0.1, 0.15) is 16.7 Å². The molecule has 0 saturated carbocycles. The van der Waals surface area contributed by atoms with E-state index in [-0.39, 0.29) is 5.91 Å². The second kappa shape index (κ2) is 9.74. The van der Waals surface area contributed by atoms with Gasteiger partial charge in [-0.15, -0.1) is 0 Å². The lowest BCUT2D eigenvalue weighted by molar-refractivity contribution is -0.122. The topological polar surface area (TPSA) is 29.5 Å². The highest BCUT2D eigenvalue weighted by Crippen LogP contribution is 2.34. The highest BCUT2D eigenvalue weighted by molar-refractivity contribution is 8.26. The molecule has 4 rings (SSSR count). The molecule has 0 aromatic heterocycles. The molecule has 0 atom stereocenters. The maximum atomic E-state index is 12.9. The predicted octanol–water partition coefficient (Wildman–Crippen LogP) is 5.71. The molecule has 3 aromatic carbocycles. The zero-order chi connectivity index (χ0) is 20.8. The summed E-state index contributed by atoms with van der Waals surface area (Å²) in [5.74, 6) is 0.703. The summed E-state index contributed by atoms with van der Waals surface area (Å²) in [5.41, 5.74) is 3.16. The van der Waals surface area contributed by atoms with Crippen molar-refractivity contribution < 1.29 is 9.53 Å². The van der Waals surface area contributed by atoms with Crippen molar-refractivity contribution in [2.24, 2.45) is 0 Å². The number of thioether (sulfide) groups is 1. The van der Waals surface area contributed by atoms with E-state index in [1.54, 1.807) is 4.90 Å². The Morgan fingerprint density at radius 3 is 2.23 bits per heavy atom. The molecule has 1 aliphatic heterocycles. The molecule has 0 bridgehead atoms. The molecule has 5 heteroatoms. The molecular formula is C25H21NO2S2. The normalized spacial score (nSPS) is 15.1. The van der Waals surface area contributed by atoms with Crippen molar-refractivity contribution in [2.75, 3.05) is 6.54 Å². The Bertz CT molecular complexity index is 1060. The van der Waals surface area contributed by atoms with Crippen LogP contribution in [0.2, 0.25) is 0 Å². The molecule has 150 valence electrons. The standard InChI is InChI=1S/C25H21NO2S2/c27-24-23(30-25(29)26(24)16-15-19-9-3-1-4-10-19)17-21-13-7-8-14-22(21)28-18-20-11-5-2-6-12-20/h1-14,17H,15-16,18H2/b23-17-. The largest absolute Gasteiger partial charge is 0.488 e. The highest BCUT2D eigenvalue weighted by Gasteiger charge is 2.31. The van der Waals surface area contributed by atoms with Crippen LogP contribution >= 0.6 is 24.0 Å². The van der Waals surface area contributed by atoms with E-state index < -0.39 is 0 Å². The fourth-order valence-electron chi connectivity index (χ4n) is 3.19. The van der Waals surface area contributed by atoms with Crippen LogP contribution in [-0.4, -0.2) is 21.7 Å². The number of ether oxygens (including phenoxy) is 1. The Balaban J connectivity index is 1.47. The molecule has 1 aliphatic rings. The molecule has 1 heterocycles. The summed E-state index contributed by atoms with van der Waals surface area (Å²) in [6.45, 7) is 1.06. The van der Waals surface area contributed by atoms with E-state index in [9.17, 15) is 4.79 Å². The van der Waals surface area contributed by atoms with E-state index in [1.165, 1.54) is 17.3 Å². The van der Waals surface area contributed by atoms with Crippen molar-refractivity contribution in [1.82, 2.24) is 4.90 Å². The SMILES string of the molecule is O=C1/C(=C/c2ccccc2OCc2ccccc2)SC(=S)N1CCc1ccccc1. The quantitative estimate of drug-likeness (QED) is 0.354. The molecule has 1 saturated heterocycles. The Kier molecular flexibility index (Phi) is 6.62. The fraction of sp³-hybridized carbons (Fsp3) is 0.120. The van der Waals surface area contributed by atoms with Gasteiger partial charge in [0.25, 0.3) is 5.91 Å². The minimum absolute atomic E-state index is 0.0428. The maximum Gasteiger partial charge on any atom is 0.266 e. The van der Waals surface area contributed by atoms with Crippen molar-refractivity contribution in [3.05, 3.63) is 107 Å². The van der Waals surface area contributed by atoms with E-state index in [0.29, 0.717) is 22.4 Å². The summed E-state index contributed by atoms with van der Waals surface area (Å²) < 4.78 is 6.62. The Labute approximate surface area is 186 Å². The van der Waals surface area contributed by atoms with E-state index in [4.69, 9.17) is 17.0 Å². The summed E-state index contributed by atoms with van der Waals surface area (Å²) in [7, 11) is 0. The predicted molar refractivity (Wildman–Crippen MR) is 127 cm³/mol. The number of rotatable bonds is 7. The van der Waals surface area contributed by atoms with Gasteiger partial charge in [0.2, 0.25) is 0 Å². The second-order valence-electron chi connectivity index (χ2n) is 6.88. The number of benzene rings is 3. The van der Waals surface area contributed by atoms with Gasteiger partial charge in [-0.05, 0) is 29.7 Å². The van der Waals surface area contributed by atoms with Crippen molar-refractivity contribution in [1.29, 1.82) is 0 Å². The minimum atomic E-state index is -0.0428. The molecule has 3 nitrogen and oxygen atoms in total. The zero-order valence-electron chi connectivity index (χ0n) is 16.4. The fourth-order valence-corrected chi connectivity index (χ4v) is 4.49. The zero-order valence-corrected chi connectivity index (χ0v) is 18.0. The molecule has 0 radical (unpaired) electrons. The number of nitrogens with zero attached hydrogens (tertiary/aromatic N) is 1. The van der Waals surface area contributed by atoms with Gasteiger partial charge in [-0.3, -0.25) is 9.69 Å². The summed E-state index contributed by atoms with van der Waals surface area (Å²) >= 11 is 6.82. The van der Waals surface area contributed by atoms with Crippen molar-refractivity contribution in [3.8, 4) is 5.75 Å². The Morgan fingerprint density at radius 1 is 0.867 bits per heavy atom. The van der Waals surface area contributed by atoms with Crippen LogP contribution in [0.4, 0.5) is 0 Å². The van der Waals surface area contributed by atoms with E-state index in [2.05, 4.69) is 12.1 Å². The first kappa shape index (κ1) is 20.4. The van der Waals surface area contributed by atoms with Gasteiger partial charge in [-0.1, -0.05) is 103 Å². The van der Waals surface area contributed by atoms with Gasteiger partial charge in [-0.2, -0.15) is 0 Å². The van der Waals surface area contributed by atoms with Gasteiger partial charge in [0.05, 0.1) is 4.91 Å². The maximum absolute atomic E-state index is 12.9. The average molecular weight is 432 g/mol. The monoisotopic (exact) mass is 431 g/mol. The minimum Gasteiger partial charge on any atom is -0.488 e. The summed E-state index contributed by atoms with van der Waals surface area (Å²) in [6, 6.07) is 27.9. The molecule has 0 N–H and O–H groups in total. The molecule has 1 amide bonds. The molecule has 0 aliphatic carbocycles. The van der Waals surface area contributed by atoms with Crippen molar-refractivity contribution >= 4 is 40.3 Å². The second-order valence-corrected chi connectivity index (χ2v) is 8.56. The number of hydrogen-bond acceptors (Lipinski definition) is 4. The number of carbonyl (C=O) groups excluding carboxylic acids is 1. The first-order valence-electron chi connectivity index (χ1n) is 9.76. The van der Waals surface area contributed by atoms with Gasteiger partial charge in [0.1, 0.15) is 16.7 Å². The average Bonchev–Trinajstić information content (AvgIpc) is 3.05. The third-order valence-electron chi connectivity index (χ3n) is 4.78. The molecular weight excluding hydrogens is 410 g/mol. The molecule has 0 unspecified atom stereocenters. The van der Waals surface area contributed by atoms with Gasteiger partial charge < -0.3 is 4.74 Å².